The summed E-state index contributed by atoms with van der Waals surface area (Å²) in [7, 11) is 1.45. The molecule has 6 rings (SSSR count). The molecule has 4 atom stereocenters. The first kappa shape index (κ1) is 24.8. The smallest absolute Gasteiger partial charge is 0.238 e. The molecule has 0 radical (unpaired) electrons. The van der Waals surface area contributed by atoms with Crippen molar-refractivity contribution in [1.82, 2.24) is 0 Å². The van der Waals surface area contributed by atoms with Crippen LogP contribution in [0.3, 0.4) is 0 Å². The lowest BCUT2D eigenvalue weighted by atomic mass is 9.59. The number of allylic oxidation sites excluding steroid dienone is 6. The minimum absolute atomic E-state index is 0.0811. The van der Waals surface area contributed by atoms with E-state index in [4.69, 9.17) is 4.74 Å². The first-order valence-corrected chi connectivity index (χ1v) is 13.5. The van der Waals surface area contributed by atoms with Gasteiger partial charge in [-0.1, -0.05) is 17.7 Å². The molecule has 1 saturated heterocycles. The van der Waals surface area contributed by atoms with Crippen LogP contribution in [0.1, 0.15) is 31.2 Å². The van der Waals surface area contributed by atoms with Crippen LogP contribution in [0.2, 0.25) is 0 Å². The summed E-state index contributed by atoms with van der Waals surface area (Å²) in [6.45, 7) is 1.63. The Morgan fingerprint density at radius 1 is 1.00 bits per heavy atom. The zero-order valence-electron chi connectivity index (χ0n) is 20.7. The molecule has 1 fully saturated rings. The minimum atomic E-state index is -0.639. The molecule has 38 heavy (non-hydrogen) atoms. The Morgan fingerprint density at radius 2 is 1.74 bits per heavy atom. The third-order valence-electron chi connectivity index (χ3n) is 8.19. The van der Waals surface area contributed by atoms with Gasteiger partial charge >= 0.3 is 0 Å². The number of carbonyl (C=O) groups excluding carboxylic acids is 4. The number of nitrogens with zero attached hydrogens (tertiary/aromatic N) is 1. The number of carbonyl (C=O) groups is 4. The SMILES string of the molecule is COc1ccc([C@H]2C3=CC[C@@H]4C(=O)N(c5ccc(I)cc5)C(=O)[C@@H]4[C@@H]3CC3=C2C(=O)C(C)=CC3=O)cc1O. The maximum atomic E-state index is 13.9. The summed E-state index contributed by atoms with van der Waals surface area (Å²) in [6, 6.07) is 12.2. The fourth-order valence-electron chi connectivity index (χ4n) is 6.47. The Bertz CT molecular complexity index is 1530. The molecule has 0 aromatic heterocycles. The van der Waals surface area contributed by atoms with Gasteiger partial charge in [0.05, 0.1) is 24.6 Å². The van der Waals surface area contributed by atoms with Crippen LogP contribution in [0, 0.1) is 21.3 Å². The second kappa shape index (κ2) is 9.04. The first-order chi connectivity index (χ1) is 18.2. The van der Waals surface area contributed by atoms with Crippen molar-refractivity contribution >= 4 is 51.7 Å². The number of aromatic hydroxyl groups is 1. The van der Waals surface area contributed by atoms with Crippen LogP contribution in [0.25, 0.3) is 0 Å². The van der Waals surface area contributed by atoms with Gasteiger partial charge in [0.25, 0.3) is 0 Å². The lowest BCUT2D eigenvalue weighted by molar-refractivity contribution is -0.123. The number of fused-ring (bicyclic) bond motifs is 3. The number of hydrogen-bond donors (Lipinski definition) is 1. The van der Waals surface area contributed by atoms with Crippen LogP contribution >= 0.6 is 22.6 Å². The van der Waals surface area contributed by atoms with E-state index in [1.54, 1.807) is 37.3 Å². The van der Waals surface area contributed by atoms with Crippen LogP contribution in [-0.2, 0) is 19.2 Å². The maximum Gasteiger partial charge on any atom is 0.238 e. The third kappa shape index (κ3) is 3.60. The average Bonchev–Trinajstić information content (AvgIpc) is 3.16. The number of imide groups is 1. The standard InChI is InChI=1S/C30H24INO6/c1-14-11-22(33)21-13-20-18(25(27(21)28(14)35)15-3-10-24(38-2)23(34)12-15)8-9-19-26(20)30(37)32(29(19)36)17-6-4-16(31)5-7-17/h3-8,10-12,19-20,25-26,34H,9,13H2,1-2H3/t19-,20+,25-,26-/m0/s1. The zero-order valence-corrected chi connectivity index (χ0v) is 22.9. The number of Topliss-reactive ketones (excluding diaryl/α,β-unsaturated/α-hetero) is 1. The number of phenols is 1. The summed E-state index contributed by atoms with van der Waals surface area (Å²) in [5, 5.41) is 10.6. The van der Waals surface area contributed by atoms with Crippen molar-refractivity contribution in [3.63, 3.8) is 0 Å². The van der Waals surface area contributed by atoms with Gasteiger partial charge in [-0.05, 0) is 96.3 Å². The van der Waals surface area contributed by atoms with Gasteiger partial charge in [0.2, 0.25) is 11.8 Å². The summed E-state index contributed by atoms with van der Waals surface area (Å²) in [5.41, 5.74) is 3.15. The van der Waals surface area contributed by atoms with E-state index < -0.39 is 23.7 Å². The summed E-state index contributed by atoms with van der Waals surface area (Å²) in [5.74, 6) is -2.97. The van der Waals surface area contributed by atoms with E-state index in [0.29, 0.717) is 40.1 Å². The molecule has 0 saturated carbocycles. The fraction of sp³-hybridized carbons (Fsp3) is 0.267. The van der Waals surface area contributed by atoms with Crippen molar-refractivity contribution in [2.75, 3.05) is 12.0 Å². The molecular weight excluding hydrogens is 597 g/mol. The fourth-order valence-corrected chi connectivity index (χ4v) is 6.83. The predicted molar refractivity (Wildman–Crippen MR) is 148 cm³/mol. The number of ether oxygens (including phenoxy) is 1. The first-order valence-electron chi connectivity index (χ1n) is 12.4. The number of methoxy groups -OCH3 is 1. The molecule has 8 heteroatoms. The molecule has 3 aliphatic carbocycles. The van der Waals surface area contributed by atoms with Gasteiger partial charge in [-0.15, -0.1) is 0 Å². The number of rotatable bonds is 3. The van der Waals surface area contributed by atoms with Crippen LogP contribution in [0.5, 0.6) is 11.5 Å². The highest BCUT2D eigenvalue weighted by Crippen LogP contribution is 2.55. The summed E-state index contributed by atoms with van der Waals surface area (Å²) >= 11 is 2.17. The largest absolute Gasteiger partial charge is 0.504 e. The molecule has 1 aliphatic heterocycles. The Balaban J connectivity index is 1.48. The maximum absolute atomic E-state index is 13.9. The van der Waals surface area contributed by atoms with Crippen LogP contribution in [0.4, 0.5) is 5.69 Å². The van der Waals surface area contributed by atoms with Gasteiger partial charge in [0.15, 0.2) is 23.1 Å². The van der Waals surface area contributed by atoms with Crippen molar-refractivity contribution in [2.45, 2.75) is 25.7 Å². The number of benzene rings is 2. The number of halogens is 1. The van der Waals surface area contributed by atoms with Crippen LogP contribution in [0.15, 0.2) is 76.9 Å². The summed E-state index contributed by atoms with van der Waals surface area (Å²) in [6.07, 6.45) is 3.91. The van der Waals surface area contributed by atoms with Gasteiger partial charge < -0.3 is 9.84 Å². The zero-order chi connectivity index (χ0) is 26.9. The molecule has 192 valence electrons. The Morgan fingerprint density at radius 3 is 2.42 bits per heavy atom. The third-order valence-corrected chi connectivity index (χ3v) is 8.90. The number of ketones is 2. The van der Waals surface area contributed by atoms with E-state index >= 15 is 0 Å². The Kier molecular flexibility index (Phi) is 5.90. The molecule has 2 amide bonds. The van der Waals surface area contributed by atoms with Crippen molar-refractivity contribution in [3.05, 3.63) is 86.0 Å². The normalized spacial score (nSPS) is 26.6. The lowest BCUT2D eigenvalue weighted by Crippen LogP contribution is -2.39. The van der Waals surface area contributed by atoms with E-state index in [1.807, 2.05) is 18.2 Å². The van der Waals surface area contributed by atoms with E-state index in [2.05, 4.69) is 22.6 Å². The van der Waals surface area contributed by atoms with Crippen molar-refractivity contribution in [3.8, 4) is 11.5 Å². The minimum Gasteiger partial charge on any atom is -0.504 e. The van der Waals surface area contributed by atoms with Crippen molar-refractivity contribution in [1.29, 1.82) is 0 Å². The van der Waals surface area contributed by atoms with E-state index in [1.165, 1.54) is 18.1 Å². The molecule has 0 unspecified atom stereocenters. The van der Waals surface area contributed by atoms with E-state index in [0.717, 1.165) is 9.14 Å². The molecule has 7 nitrogen and oxygen atoms in total. The van der Waals surface area contributed by atoms with Gasteiger partial charge in [-0.3, -0.25) is 24.1 Å². The van der Waals surface area contributed by atoms with E-state index in [9.17, 15) is 24.3 Å². The highest BCUT2D eigenvalue weighted by molar-refractivity contribution is 14.1. The summed E-state index contributed by atoms with van der Waals surface area (Å²) < 4.78 is 6.20. The molecule has 2 aromatic rings. The molecule has 4 aliphatic rings. The molecule has 2 aromatic carbocycles. The van der Waals surface area contributed by atoms with Gasteiger partial charge in [0.1, 0.15) is 0 Å². The van der Waals surface area contributed by atoms with E-state index in [-0.39, 0.29) is 35.6 Å². The lowest BCUT2D eigenvalue weighted by Gasteiger charge is -2.42. The monoisotopic (exact) mass is 621 g/mol. The van der Waals surface area contributed by atoms with Crippen molar-refractivity contribution < 1.29 is 29.0 Å². The van der Waals surface area contributed by atoms with Gasteiger partial charge in [0, 0.05) is 26.2 Å². The number of phenolic OH excluding ortho intramolecular Hbond substituents is 1. The Labute approximate surface area is 233 Å². The van der Waals surface area contributed by atoms with Crippen molar-refractivity contribution in [2.24, 2.45) is 17.8 Å². The number of anilines is 1. The second-order valence-electron chi connectivity index (χ2n) is 10.1. The molecular formula is C30H24INO6. The second-order valence-corrected chi connectivity index (χ2v) is 11.4. The molecule has 1 N–H and O–H groups in total. The highest BCUT2D eigenvalue weighted by Gasteiger charge is 2.56. The topological polar surface area (TPSA) is 101 Å². The number of amides is 2. The quantitative estimate of drug-likeness (QED) is 0.232. The van der Waals surface area contributed by atoms with Crippen LogP contribution in [-0.4, -0.2) is 35.6 Å². The molecule has 0 spiro atoms. The summed E-state index contributed by atoms with van der Waals surface area (Å²) in [4.78, 5) is 55.3. The molecule has 1 heterocycles. The molecule has 0 bridgehead atoms. The van der Waals surface area contributed by atoms with Gasteiger partial charge in [-0.25, -0.2) is 0 Å². The Hall–Kier alpha value is -3.53. The van der Waals surface area contributed by atoms with Crippen LogP contribution < -0.4 is 9.64 Å². The highest BCUT2D eigenvalue weighted by atomic mass is 127. The van der Waals surface area contributed by atoms with Gasteiger partial charge in [-0.2, -0.15) is 0 Å². The predicted octanol–water partition coefficient (Wildman–Crippen LogP) is 4.64. The number of hydrogen-bond acceptors (Lipinski definition) is 6. The average molecular weight is 621 g/mol.